The van der Waals surface area contributed by atoms with Crippen LogP contribution in [0, 0.1) is 18.3 Å². The Morgan fingerprint density at radius 3 is 2.60 bits per heavy atom. The van der Waals surface area contributed by atoms with Gasteiger partial charge in [0, 0.05) is 4.47 Å². The van der Waals surface area contributed by atoms with Crippen molar-refractivity contribution in [2.75, 3.05) is 0 Å². The molecule has 2 aromatic rings. The van der Waals surface area contributed by atoms with Crippen LogP contribution in [0.2, 0.25) is 0 Å². The number of nitrogens with zero attached hydrogens (tertiary/aromatic N) is 1. The van der Waals surface area contributed by atoms with E-state index in [1.54, 1.807) is 31.2 Å². The Morgan fingerprint density at radius 2 is 2.00 bits per heavy atom. The molecule has 2 aromatic carbocycles. The lowest BCUT2D eigenvalue weighted by molar-refractivity contribution is 0.0697. The molecule has 0 saturated heterocycles. The SMILES string of the molecule is Cc1cc(C(=O)O)ccc1Oc1cc(Br)ccc1C#N. The summed E-state index contributed by atoms with van der Waals surface area (Å²) in [6, 6.07) is 11.7. The number of carboxylic acid groups (broad SMARTS) is 1. The smallest absolute Gasteiger partial charge is 0.335 e. The molecule has 0 aliphatic heterocycles. The van der Waals surface area contributed by atoms with Gasteiger partial charge in [-0.2, -0.15) is 5.26 Å². The van der Waals surface area contributed by atoms with Crippen molar-refractivity contribution in [1.29, 1.82) is 5.26 Å². The molecule has 4 nitrogen and oxygen atoms in total. The van der Waals surface area contributed by atoms with Gasteiger partial charge in [0.05, 0.1) is 11.1 Å². The summed E-state index contributed by atoms with van der Waals surface area (Å²) in [5.74, 6) is -0.0440. The van der Waals surface area contributed by atoms with E-state index in [9.17, 15) is 4.79 Å². The van der Waals surface area contributed by atoms with Crippen molar-refractivity contribution in [2.45, 2.75) is 6.92 Å². The summed E-state index contributed by atoms with van der Waals surface area (Å²) < 4.78 is 6.50. The third kappa shape index (κ3) is 2.98. The van der Waals surface area contributed by atoms with E-state index in [4.69, 9.17) is 15.1 Å². The minimum Gasteiger partial charge on any atom is -0.478 e. The number of ether oxygens (including phenoxy) is 1. The summed E-state index contributed by atoms with van der Waals surface area (Å²) in [5.41, 5.74) is 1.30. The first kappa shape index (κ1) is 14.1. The first-order chi connectivity index (χ1) is 9.51. The Morgan fingerprint density at radius 1 is 1.25 bits per heavy atom. The molecule has 20 heavy (non-hydrogen) atoms. The summed E-state index contributed by atoms with van der Waals surface area (Å²) in [4.78, 5) is 10.9. The van der Waals surface area contributed by atoms with E-state index < -0.39 is 5.97 Å². The monoisotopic (exact) mass is 331 g/mol. The fourth-order valence-corrected chi connectivity index (χ4v) is 2.03. The molecular weight excluding hydrogens is 322 g/mol. The number of aromatic carboxylic acids is 1. The van der Waals surface area contributed by atoms with E-state index in [0.717, 1.165) is 4.47 Å². The molecule has 0 fully saturated rings. The molecule has 0 spiro atoms. The zero-order chi connectivity index (χ0) is 14.7. The van der Waals surface area contributed by atoms with Crippen LogP contribution in [0.5, 0.6) is 11.5 Å². The van der Waals surface area contributed by atoms with Crippen molar-refractivity contribution < 1.29 is 14.6 Å². The molecule has 0 unspecified atom stereocenters. The topological polar surface area (TPSA) is 70.3 Å². The second-order valence-corrected chi connectivity index (χ2v) is 5.06. The Bertz CT molecular complexity index is 720. The second-order valence-electron chi connectivity index (χ2n) is 4.14. The first-order valence-corrected chi connectivity index (χ1v) is 6.52. The number of aryl methyl sites for hydroxylation is 1. The molecule has 0 aliphatic rings. The highest BCUT2D eigenvalue weighted by Gasteiger charge is 2.10. The highest BCUT2D eigenvalue weighted by molar-refractivity contribution is 9.10. The average molecular weight is 332 g/mol. The van der Waals surface area contributed by atoms with Crippen LogP contribution in [0.25, 0.3) is 0 Å². The quantitative estimate of drug-likeness (QED) is 0.918. The maximum Gasteiger partial charge on any atom is 0.335 e. The van der Waals surface area contributed by atoms with Gasteiger partial charge in [0.1, 0.15) is 17.6 Å². The van der Waals surface area contributed by atoms with Gasteiger partial charge in [0.25, 0.3) is 0 Å². The van der Waals surface area contributed by atoms with Crippen LogP contribution < -0.4 is 4.74 Å². The number of rotatable bonds is 3. The van der Waals surface area contributed by atoms with Gasteiger partial charge in [-0.25, -0.2) is 4.79 Å². The minimum absolute atomic E-state index is 0.199. The predicted molar refractivity (Wildman–Crippen MR) is 77.1 cm³/mol. The minimum atomic E-state index is -0.986. The molecular formula is C15H10BrNO3. The van der Waals surface area contributed by atoms with Gasteiger partial charge in [-0.3, -0.25) is 0 Å². The van der Waals surface area contributed by atoms with E-state index in [0.29, 0.717) is 22.6 Å². The lowest BCUT2D eigenvalue weighted by Crippen LogP contribution is -1.98. The van der Waals surface area contributed by atoms with Crippen LogP contribution in [-0.4, -0.2) is 11.1 Å². The third-order valence-electron chi connectivity index (χ3n) is 2.71. The fraction of sp³-hybridized carbons (Fsp3) is 0.0667. The van der Waals surface area contributed by atoms with Crippen molar-refractivity contribution >= 4 is 21.9 Å². The van der Waals surface area contributed by atoms with E-state index in [2.05, 4.69) is 22.0 Å². The van der Waals surface area contributed by atoms with Gasteiger partial charge < -0.3 is 9.84 Å². The van der Waals surface area contributed by atoms with Crippen LogP contribution >= 0.6 is 15.9 Å². The fourth-order valence-electron chi connectivity index (χ4n) is 1.69. The van der Waals surface area contributed by atoms with Gasteiger partial charge in [-0.15, -0.1) is 0 Å². The molecule has 1 N–H and O–H groups in total. The van der Waals surface area contributed by atoms with Gasteiger partial charge in [-0.05, 0) is 48.9 Å². The lowest BCUT2D eigenvalue weighted by Gasteiger charge is -2.11. The third-order valence-corrected chi connectivity index (χ3v) is 3.20. The number of carbonyl (C=O) groups is 1. The van der Waals surface area contributed by atoms with Gasteiger partial charge in [0.2, 0.25) is 0 Å². The molecule has 0 heterocycles. The molecule has 5 heteroatoms. The second kappa shape index (κ2) is 5.76. The highest BCUT2D eigenvalue weighted by atomic mass is 79.9. The molecule has 0 aliphatic carbocycles. The van der Waals surface area contributed by atoms with Crippen molar-refractivity contribution in [3.8, 4) is 17.6 Å². The molecule has 0 bridgehead atoms. The first-order valence-electron chi connectivity index (χ1n) is 5.72. The van der Waals surface area contributed by atoms with Crippen LogP contribution in [0.4, 0.5) is 0 Å². The largest absolute Gasteiger partial charge is 0.478 e. The molecule has 100 valence electrons. The summed E-state index contributed by atoms with van der Waals surface area (Å²) in [7, 11) is 0. The van der Waals surface area contributed by atoms with Gasteiger partial charge in [0.15, 0.2) is 0 Å². The van der Waals surface area contributed by atoms with Gasteiger partial charge >= 0.3 is 5.97 Å². The van der Waals surface area contributed by atoms with E-state index in [1.807, 2.05) is 0 Å². The standard InChI is InChI=1S/C15H10BrNO3/c1-9-6-10(15(18)19)3-5-13(9)20-14-7-12(16)4-2-11(14)8-17/h2-7H,1H3,(H,18,19). The maximum atomic E-state index is 10.9. The molecule has 0 radical (unpaired) electrons. The van der Waals surface area contributed by atoms with E-state index >= 15 is 0 Å². The lowest BCUT2D eigenvalue weighted by atomic mass is 10.1. The number of benzene rings is 2. The normalized spacial score (nSPS) is 9.85. The van der Waals surface area contributed by atoms with Crippen LogP contribution in [-0.2, 0) is 0 Å². The summed E-state index contributed by atoms with van der Waals surface area (Å²) in [6.07, 6.45) is 0. The van der Waals surface area contributed by atoms with Crippen LogP contribution in [0.1, 0.15) is 21.5 Å². The number of hydrogen-bond donors (Lipinski definition) is 1. The Labute approximate surface area is 124 Å². The number of nitriles is 1. The van der Waals surface area contributed by atoms with Crippen molar-refractivity contribution in [3.63, 3.8) is 0 Å². The maximum absolute atomic E-state index is 10.9. The highest BCUT2D eigenvalue weighted by Crippen LogP contribution is 2.30. The summed E-state index contributed by atoms with van der Waals surface area (Å²) in [5, 5.41) is 18.0. The molecule has 0 saturated carbocycles. The van der Waals surface area contributed by atoms with E-state index in [1.165, 1.54) is 12.1 Å². The summed E-state index contributed by atoms with van der Waals surface area (Å²) in [6.45, 7) is 1.76. The van der Waals surface area contributed by atoms with Crippen molar-refractivity contribution in [2.24, 2.45) is 0 Å². The van der Waals surface area contributed by atoms with E-state index in [-0.39, 0.29) is 5.56 Å². The number of hydrogen-bond acceptors (Lipinski definition) is 3. The van der Waals surface area contributed by atoms with Crippen molar-refractivity contribution in [3.05, 3.63) is 57.6 Å². The van der Waals surface area contributed by atoms with Crippen LogP contribution in [0.15, 0.2) is 40.9 Å². The van der Waals surface area contributed by atoms with Crippen LogP contribution in [0.3, 0.4) is 0 Å². The number of carboxylic acids is 1. The van der Waals surface area contributed by atoms with Crippen molar-refractivity contribution in [1.82, 2.24) is 0 Å². The number of halogens is 1. The molecule has 0 aromatic heterocycles. The predicted octanol–water partition coefficient (Wildman–Crippen LogP) is 4.12. The Hall–Kier alpha value is -2.32. The molecule has 2 rings (SSSR count). The average Bonchev–Trinajstić information content (AvgIpc) is 2.41. The zero-order valence-corrected chi connectivity index (χ0v) is 12.1. The summed E-state index contributed by atoms with van der Waals surface area (Å²) >= 11 is 3.32. The Balaban J connectivity index is 2.38. The molecule has 0 amide bonds. The zero-order valence-electron chi connectivity index (χ0n) is 10.6. The van der Waals surface area contributed by atoms with Gasteiger partial charge in [-0.1, -0.05) is 15.9 Å². The molecule has 0 atom stereocenters. The Kier molecular flexibility index (Phi) is 4.06.